The molecule has 4 nitrogen and oxygen atoms in total. The molecule has 2 heterocycles. The molecule has 0 saturated carbocycles. The Bertz CT molecular complexity index is 468. The van der Waals surface area contributed by atoms with Gasteiger partial charge in [-0.3, -0.25) is 9.80 Å². The number of piperazine rings is 1. The van der Waals surface area contributed by atoms with Gasteiger partial charge in [-0.05, 0) is 37.6 Å². The lowest BCUT2D eigenvalue weighted by atomic mass is 10.0. The number of rotatable bonds is 5. The number of nitrogens with zero attached hydrogens (tertiary/aromatic N) is 3. The normalized spacial score (nSPS) is 24.9. The van der Waals surface area contributed by atoms with Gasteiger partial charge in [0.05, 0.1) is 6.61 Å². The molecule has 2 aliphatic heterocycles. The maximum Gasteiger partial charge on any atom is 0.0681 e. The lowest BCUT2D eigenvalue weighted by molar-refractivity contribution is 0.0818. The monoisotopic (exact) mass is 317 g/mol. The van der Waals surface area contributed by atoms with Crippen LogP contribution in [0.25, 0.3) is 0 Å². The van der Waals surface area contributed by atoms with Crippen LogP contribution in [-0.4, -0.2) is 72.2 Å². The molecule has 1 N–H and O–H groups in total. The van der Waals surface area contributed by atoms with Crippen molar-refractivity contribution in [3.8, 4) is 0 Å². The average molecular weight is 317 g/mol. The fourth-order valence-corrected chi connectivity index (χ4v) is 3.81. The molecule has 4 heteroatoms. The number of aliphatic hydroxyl groups is 1. The highest BCUT2D eigenvalue weighted by Crippen LogP contribution is 2.17. The van der Waals surface area contributed by atoms with Crippen LogP contribution in [0.5, 0.6) is 0 Å². The van der Waals surface area contributed by atoms with Crippen LogP contribution in [0.1, 0.15) is 30.4 Å². The van der Waals surface area contributed by atoms with Gasteiger partial charge in [-0.2, -0.15) is 0 Å². The zero-order valence-corrected chi connectivity index (χ0v) is 14.5. The fraction of sp³-hybridized carbons (Fsp3) is 0.684. The third-order valence-electron chi connectivity index (χ3n) is 5.47. The Morgan fingerprint density at radius 2 is 1.57 bits per heavy atom. The molecule has 3 rings (SSSR count). The van der Waals surface area contributed by atoms with Crippen LogP contribution in [-0.2, 0) is 13.2 Å². The largest absolute Gasteiger partial charge is 0.392 e. The average Bonchev–Trinajstić information content (AvgIpc) is 2.59. The van der Waals surface area contributed by atoms with E-state index in [2.05, 4.69) is 33.9 Å². The van der Waals surface area contributed by atoms with Gasteiger partial charge >= 0.3 is 0 Å². The molecule has 1 unspecified atom stereocenters. The van der Waals surface area contributed by atoms with Gasteiger partial charge in [0.25, 0.3) is 0 Å². The Morgan fingerprint density at radius 1 is 0.913 bits per heavy atom. The molecule has 23 heavy (non-hydrogen) atoms. The van der Waals surface area contributed by atoms with E-state index in [0.29, 0.717) is 0 Å². The van der Waals surface area contributed by atoms with Gasteiger partial charge in [0.1, 0.15) is 0 Å². The molecule has 2 aliphatic rings. The summed E-state index contributed by atoms with van der Waals surface area (Å²) >= 11 is 0. The lowest BCUT2D eigenvalue weighted by Gasteiger charge is -2.40. The molecule has 2 saturated heterocycles. The molecular weight excluding hydrogens is 286 g/mol. The Kier molecular flexibility index (Phi) is 6.06. The maximum absolute atomic E-state index is 9.11. The van der Waals surface area contributed by atoms with Gasteiger partial charge in [0, 0.05) is 45.3 Å². The van der Waals surface area contributed by atoms with Crippen molar-refractivity contribution >= 4 is 0 Å². The fourth-order valence-electron chi connectivity index (χ4n) is 3.81. The molecule has 0 radical (unpaired) electrons. The van der Waals surface area contributed by atoms with Crippen LogP contribution in [0.2, 0.25) is 0 Å². The van der Waals surface area contributed by atoms with E-state index in [1.165, 1.54) is 51.0 Å². The summed E-state index contributed by atoms with van der Waals surface area (Å²) in [5, 5.41) is 9.11. The van der Waals surface area contributed by atoms with Crippen LogP contribution < -0.4 is 0 Å². The van der Waals surface area contributed by atoms with Gasteiger partial charge in [-0.15, -0.1) is 0 Å². The van der Waals surface area contributed by atoms with Crippen molar-refractivity contribution in [1.82, 2.24) is 14.7 Å². The van der Waals surface area contributed by atoms with Gasteiger partial charge in [-0.25, -0.2) is 0 Å². The van der Waals surface area contributed by atoms with Gasteiger partial charge in [-0.1, -0.05) is 30.7 Å². The first-order valence-electron chi connectivity index (χ1n) is 9.08. The second kappa shape index (κ2) is 8.25. The van der Waals surface area contributed by atoms with E-state index in [1.807, 2.05) is 12.1 Å². The third-order valence-corrected chi connectivity index (χ3v) is 5.47. The van der Waals surface area contributed by atoms with E-state index in [9.17, 15) is 0 Å². The minimum Gasteiger partial charge on any atom is -0.392 e. The molecule has 2 fully saturated rings. The van der Waals surface area contributed by atoms with E-state index in [0.717, 1.165) is 31.2 Å². The SMILES string of the molecule is CN1CCCCC1CN1CCN(Cc2ccc(CO)cc2)CC1. The topological polar surface area (TPSA) is 30.0 Å². The Hall–Kier alpha value is -0.940. The van der Waals surface area contributed by atoms with E-state index >= 15 is 0 Å². The van der Waals surface area contributed by atoms with Crippen LogP contribution >= 0.6 is 0 Å². The Balaban J connectivity index is 1.42. The zero-order chi connectivity index (χ0) is 16.1. The second-order valence-corrected chi connectivity index (χ2v) is 7.18. The van der Waals surface area contributed by atoms with E-state index in [-0.39, 0.29) is 6.61 Å². The van der Waals surface area contributed by atoms with Crippen molar-refractivity contribution in [3.63, 3.8) is 0 Å². The highest BCUT2D eigenvalue weighted by molar-refractivity contribution is 5.21. The number of benzene rings is 1. The number of aliphatic hydroxyl groups excluding tert-OH is 1. The predicted octanol–water partition coefficient (Wildman–Crippen LogP) is 1.78. The minimum atomic E-state index is 0.133. The predicted molar refractivity (Wildman–Crippen MR) is 94.4 cm³/mol. The molecule has 0 aromatic heterocycles. The van der Waals surface area contributed by atoms with Crippen molar-refractivity contribution in [2.75, 3.05) is 46.3 Å². The first kappa shape index (κ1) is 16.9. The van der Waals surface area contributed by atoms with Crippen LogP contribution in [0, 0.1) is 0 Å². The van der Waals surface area contributed by atoms with Gasteiger partial charge < -0.3 is 10.0 Å². The molecule has 128 valence electrons. The Labute approximate surface area is 140 Å². The first-order valence-corrected chi connectivity index (χ1v) is 9.08. The molecule has 0 amide bonds. The van der Waals surface area contributed by atoms with Crippen LogP contribution in [0.3, 0.4) is 0 Å². The molecule has 0 bridgehead atoms. The van der Waals surface area contributed by atoms with Crippen LogP contribution in [0.4, 0.5) is 0 Å². The number of hydrogen-bond acceptors (Lipinski definition) is 4. The highest BCUT2D eigenvalue weighted by Gasteiger charge is 2.24. The van der Waals surface area contributed by atoms with Crippen LogP contribution in [0.15, 0.2) is 24.3 Å². The number of likely N-dealkylation sites (tertiary alicyclic amines) is 1. The molecular formula is C19H31N3O. The summed E-state index contributed by atoms with van der Waals surface area (Å²) in [6.45, 7) is 8.40. The zero-order valence-electron chi connectivity index (χ0n) is 14.5. The van der Waals surface area contributed by atoms with E-state index < -0.39 is 0 Å². The second-order valence-electron chi connectivity index (χ2n) is 7.18. The Morgan fingerprint density at radius 3 is 2.22 bits per heavy atom. The quantitative estimate of drug-likeness (QED) is 0.897. The number of piperidine rings is 1. The van der Waals surface area contributed by atoms with Crippen molar-refractivity contribution < 1.29 is 5.11 Å². The lowest BCUT2D eigenvalue weighted by Crippen LogP contribution is -2.51. The summed E-state index contributed by atoms with van der Waals surface area (Å²) in [6, 6.07) is 9.13. The number of likely N-dealkylation sites (N-methyl/N-ethyl adjacent to an activating group) is 1. The summed E-state index contributed by atoms with van der Waals surface area (Å²) < 4.78 is 0. The summed E-state index contributed by atoms with van der Waals surface area (Å²) in [6.07, 6.45) is 4.14. The maximum atomic E-state index is 9.11. The standard InChI is InChI=1S/C19H31N3O/c1-20-9-3-2-4-19(20)15-22-12-10-21(11-13-22)14-17-5-7-18(16-23)8-6-17/h5-8,19,23H,2-4,9-16H2,1H3. The summed E-state index contributed by atoms with van der Waals surface area (Å²) in [7, 11) is 2.29. The van der Waals surface area contributed by atoms with Crippen molar-refractivity contribution in [2.45, 2.75) is 38.5 Å². The molecule has 1 aromatic carbocycles. The van der Waals surface area contributed by atoms with Gasteiger partial charge in [0.15, 0.2) is 0 Å². The van der Waals surface area contributed by atoms with E-state index in [4.69, 9.17) is 5.11 Å². The van der Waals surface area contributed by atoms with E-state index in [1.54, 1.807) is 0 Å². The highest BCUT2D eigenvalue weighted by atomic mass is 16.3. The first-order chi connectivity index (χ1) is 11.2. The third kappa shape index (κ3) is 4.77. The molecule has 0 spiro atoms. The molecule has 1 aromatic rings. The smallest absolute Gasteiger partial charge is 0.0681 e. The molecule has 1 atom stereocenters. The van der Waals surface area contributed by atoms with Gasteiger partial charge in [0.2, 0.25) is 0 Å². The van der Waals surface area contributed by atoms with Crippen molar-refractivity contribution in [3.05, 3.63) is 35.4 Å². The minimum absolute atomic E-state index is 0.133. The number of hydrogen-bond donors (Lipinski definition) is 1. The summed E-state index contributed by atoms with van der Waals surface area (Å²) in [5.41, 5.74) is 2.35. The summed E-state index contributed by atoms with van der Waals surface area (Å²) in [5.74, 6) is 0. The molecule has 0 aliphatic carbocycles. The summed E-state index contributed by atoms with van der Waals surface area (Å²) in [4.78, 5) is 7.76. The van der Waals surface area contributed by atoms with Crippen molar-refractivity contribution in [1.29, 1.82) is 0 Å². The van der Waals surface area contributed by atoms with Crippen molar-refractivity contribution in [2.24, 2.45) is 0 Å².